The summed E-state index contributed by atoms with van der Waals surface area (Å²) in [5.74, 6) is 0.155. The van der Waals surface area contributed by atoms with Crippen molar-refractivity contribution in [3.8, 4) is 23.0 Å². The molecule has 4 aromatic carbocycles. The Hall–Kier alpha value is -5.31. The number of hydrogen-bond acceptors (Lipinski definition) is 15. The van der Waals surface area contributed by atoms with Gasteiger partial charge in [0.15, 0.2) is 52.1 Å². The molecule has 0 aromatic heterocycles. The van der Waals surface area contributed by atoms with Gasteiger partial charge in [0.1, 0.15) is 13.2 Å². The molecule has 0 spiro atoms. The van der Waals surface area contributed by atoms with E-state index in [1.54, 1.807) is 46.3 Å². The number of ether oxygens (including phenoxy) is 6. The van der Waals surface area contributed by atoms with E-state index in [4.69, 9.17) is 113 Å². The van der Waals surface area contributed by atoms with E-state index in [1.165, 1.54) is 24.0 Å². The van der Waals surface area contributed by atoms with E-state index in [9.17, 15) is 9.59 Å². The third-order valence-corrected chi connectivity index (χ3v) is 28.1. The van der Waals surface area contributed by atoms with E-state index in [-0.39, 0.29) is 68.8 Å². The molecule has 1 saturated heterocycles. The molecule has 0 bridgehead atoms. The van der Waals surface area contributed by atoms with Gasteiger partial charge >= 0.3 is 12.2 Å². The summed E-state index contributed by atoms with van der Waals surface area (Å²) in [6, 6.07) is 20.6. The molecule has 5 aliphatic rings. The molecule has 0 aliphatic carbocycles. The third-order valence-electron chi connectivity index (χ3n) is 18.6. The Morgan fingerprint density at radius 2 is 1.00 bits per heavy atom. The van der Waals surface area contributed by atoms with Crippen molar-refractivity contribution in [3.63, 3.8) is 0 Å². The lowest BCUT2D eigenvalue weighted by molar-refractivity contribution is 0.0584. The standard InChI is InChI=1S/C66H85Cl6N7O12Si2/c1-63(2,3)92(10,11)90-59-51-31-43(41-20-22-46(23-21-41)75-26-24-74(7)25-27-75)37-76(51)57(80)47-33-53(84-8)55(35-49(47)78(59)61(82)88-39-65(67,68)69)86-28-15-14-16-29-87-56-36-50-48(34-54(56)85-9)58(81)77-38-44(42-18-17-19-45(73)30-42)32-52(77)60(91-93(12,13)64(4,5)6)79(50)62(83)89-40-66(70,71)72/h17-23,30,33-38,51-52,59-60H,14-16,24-29,31-32,39-40,73H2,1-13H3/t51-,52-,59-,60-/m0/s1. The van der Waals surface area contributed by atoms with Crippen LogP contribution in [0.2, 0.25) is 36.3 Å². The van der Waals surface area contributed by atoms with Crippen molar-refractivity contribution in [1.29, 1.82) is 0 Å². The first-order valence-electron chi connectivity index (χ1n) is 31.1. The number of nitrogens with zero attached hydrogens (tertiary/aromatic N) is 6. The zero-order chi connectivity index (χ0) is 67.9. The van der Waals surface area contributed by atoms with E-state index in [0.29, 0.717) is 37.8 Å². The Balaban J connectivity index is 0.978. The molecule has 4 amide bonds. The topological polar surface area (TPSA) is 188 Å². The third kappa shape index (κ3) is 16.4. The van der Waals surface area contributed by atoms with E-state index in [2.05, 4.69) is 109 Å². The first kappa shape index (κ1) is 72.0. The Bertz CT molecular complexity index is 3490. The summed E-state index contributed by atoms with van der Waals surface area (Å²) in [6.07, 6.45) is 1.91. The van der Waals surface area contributed by atoms with Crippen molar-refractivity contribution in [2.24, 2.45) is 0 Å². The second-order valence-corrected chi connectivity index (χ2v) is 41.7. The lowest BCUT2D eigenvalue weighted by atomic mass is 10.0. The molecule has 4 aromatic rings. The molecule has 0 unspecified atom stereocenters. The number of carbonyl (C=O) groups excluding carboxylic acids is 4. The number of anilines is 4. The van der Waals surface area contributed by atoms with Crippen molar-refractivity contribution >= 4 is 144 Å². The quantitative estimate of drug-likeness (QED) is 0.0404. The minimum Gasteiger partial charge on any atom is -0.493 e. The number of nitrogen functional groups attached to an aromatic ring is 1. The van der Waals surface area contributed by atoms with E-state index in [0.717, 1.165) is 54.1 Å². The summed E-state index contributed by atoms with van der Waals surface area (Å²) >= 11 is 37.1. The van der Waals surface area contributed by atoms with Gasteiger partial charge in [-0.1, -0.05) is 135 Å². The predicted molar refractivity (Wildman–Crippen MR) is 375 cm³/mol. The number of amides is 4. The molecule has 5 aliphatic heterocycles. The number of carbonyl (C=O) groups is 4. The fraction of sp³-hybridized carbons (Fsp3) is 0.515. The second kappa shape index (κ2) is 28.4. The molecule has 506 valence electrons. The van der Waals surface area contributed by atoms with Gasteiger partial charge in [-0.3, -0.25) is 9.59 Å². The van der Waals surface area contributed by atoms with Gasteiger partial charge < -0.3 is 62.6 Å². The minimum atomic E-state index is -2.78. The van der Waals surface area contributed by atoms with Crippen molar-refractivity contribution in [2.45, 2.75) is 142 Å². The van der Waals surface area contributed by atoms with Crippen molar-refractivity contribution in [3.05, 3.63) is 107 Å². The molecule has 27 heteroatoms. The molecular formula is C66H85Cl6N7O12Si2. The van der Waals surface area contributed by atoms with Gasteiger partial charge in [-0.05, 0) is 134 Å². The number of rotatable bonds is 19. The first-order valence-corrected chi connectivity index (χ1v) is 39.2. The van der Waals surface area contributed by atoms with E-state index < -0.39 is 86.0 Å². The average molecular weight is 1440 g/mol. The summed E-state index contributed by atoms with van der Waals surface area (Å²) < 4.78 is 46.9. The summed E-state index contributed by atoms with van der Waals surface area (Å²) in [6.45, 7) is 23.8. The fourth-order valence-corrected chi connectivity index (χ4v) is 14.1. The highest BCUT2D eigenvalue weighted by Gasteiger charge is 2.54. The molecule has 93 heavy (non-hydrogen) atoms. The molecule has 5 heterocycles. The summed E-state index contributed by atoms with van der Waals surface area (Å²) in [5, 5.41) is -0.672. The highest BCUT2D eigenvalue weighted by Crippen LogP contribution is 2.50. The summed E-state index contributed by atoms with van der Waals surface area (Å²) in [4.78, 5) is 70.6. The zero-order valence-electron chi connectivity index (χ0n) is 55.0. The highest BCUT2D eigenvalue weighted by molar-refractivity contribution is 6.74. The van der Waals surface area contributed by atoms with Gasteiger partial charge in [-0.25, -0.2) is 19.4 Å². The maximum atomic E-state index is 15.3. The normalized spacial score (nSPS) is 19.8. The van der Waals surface area contributed by atoms with Crippen molar-refractivity contribution in [2.75, 3.05) is 94.3 Å². The SMILES string of the molecule is COc1cc2c(cc1OCCCCCOc1cc3c(cc1OC)C(=O)N1C=C(c4cccc(N)c4)C[C@H]1[C@H](O[Si](C)(C)C(C)(C)C)N3C(=O)OCC(Cl)(Cl)Cl)N(C(=O)OCC(Cl)(Cl)Cl)[C@@H](O[Si](C)(C)C(C)(C)C)[C@@H]1CC(c3ccc(N4CCN(C)CC4)cc3)=CN1C2=O. The number of alkyl halides is 6. The van der Waals surface area contributed by atoms with Crippen LogP contribution in [0.3, 0.4) is 0 Å². The molecule has 1 fully saturated rings. The van der Waals surface area contributed by atoms with Crippen LogP contribution in [0.5, 0.6) is 23.0 Å². The summed E-state index contributed by atoms with van der Waals surface area (Å²) in [7, 11) is -0.491. The highest BCUT2D eigenvalue weighted by atomic mass is 35.6. The minimum absolute atomic E-state index is 0.113. The van der Waals surface area contributed by atoms with Crippen LogP contribution in [0.15, 0.2) is 85.2 Å². The van der Waals surface area contributed by atoms with Crippen LogP contribution < -0.4 is 39.4 Å². The number of fused-ring (bicyclic) bond motifs is 4. The Labute approximate surface area is 578 Å². The molecule has 9 rings (SSSR count). The molecule has 0 radical (unpaired) electrons. The number of benzene rings is 4. The second-order valence-electron chi connectivity index (χ2n) is 27.2. The molecular weight excluding hydrogens is 1350 g/mol. The first-order chi connectivity index (χ1) is 43.5. The van der Waals surface area contributed by atoms with Crippen LogP contribution in [0.25, 0.3) is 11.1 Å². The largest absolute Gasteiger partial charge is 0.493 e. The van der Waals surface area contributed by atoms with Crippen molar-refractivity contribution < 1.29 is 56.5 Å². The lowest BCUT2D eigenvalue weighted by Crippen LogP contribution is -2.58. The number of nitrogens with two attached hydrogens (primary N) is 1. The zero-order valence-corrected chi connectivity index (χ0v) is 61.5. The number of piperazine rings is 1. The maximum Gasteiger partial charge on any atom is 0.416 e. The van der Waals surface area contributed by atoms with Gasteiger partial charge in [-0.2, -0.15) is 0 Å². The van der Waals surface area contributed by atoms with Gasteiger partial charge in [0.25, 0.3) is 11.8 Å². The number of halogens is 6. The number of unbranched alkanes of at least 4 members (excludes halogenated alkanes) is 2. The number of likely N-dealkylation sites (N-methyl/N-ethyl adjacent to an activating group) is 1. The molecule has 4 atom stereocenters. The smallest absolute Gasteiger partial charge is 0.416 e. The molecule has 0 saturated carbocycles. The van der Waals surface area contributed by atoms with Gasteiger partial charge in [0.2, 0.25) is 7.59 Å². The van der Waals surface area contributed by atoms with E-state index in [1.807, 2.05) is 24.4 Å². The Kier molecular flexibility index (Phi) is 22.0. The monoisotopic (exact) mass is 1430 g/mol. The van der Waals surface area contributed by atoms with Crippen LogP contribution in [-0.4, -0.2) is 161 Å². The molecule has 19 nitrogen and oxygen atoms in total. The Morgan fingerprint density at radius 1 is 0.570 bits per heavy atom. The summed E-state index contributed by atoms with van der Waals surface area (Å²) in [5.41, 5.74) is 11.9. The fourth-order valence-electron chi connectivity index (χ4n) is 11.3. The number of methoxy groups -OCH3 is 2. The van der Waals surface area contributed by atoms with Crippen LogP contribution in [-0.2, 0) is 18.3 Å². The Morgan fingerprint density at radius 3 is 1.40 bits per heavy atom. The van der Waals surface area contributed by atoms with Crippen LogP contribution in [0, 0.1) is 0 Å². The van der Waals surface area contributed by atoms with Crippen LogP contribution >= 0.6 is 69.6 Å². The lowest BCUT2D eigenvalue weighted by Gasteiger charge is -2.44. The predicted octanol–water partition coefficient (Wildman–Crippen LogP) is 15.5. The van der Waals surface area contributed by atoms with Gasteiger partial charge in [0.05, 0.1) is 62.0 Å². The van der Waals surface area contributed by atoms with E-state index >= 15 is 9.59 Å². The number of hydrogen-bond donors (Lipinski definition) is 1. The maximum absolute atomic E-state index is 15.3. The van der Waals surface area contributed by atoms with Crippen molar-refractivity contribution in [1.82, 2.24) is 14.7 Å². The van der Waals surface area contributed by atoms with Crippen LogP contribution in [0.4, 0.5) is 32.3 Å². The molecule has 2 N–H and O–H groups in total. The van der Waals surface area contributed by atoms with Crippen LogP contribution in [0.1, 0.15) is 105 Å². The average Bonchev–Trinajstić information content (AvgIpc) is 1.61. The van der Waals surface area contributed by atoms with Gasteiger partial charge in [-0.15, -0.1) is 0 Å². The van der Waals surface area contributed by atoms with Gasteiger partial charge in [0, 0.05) is 62.1 Å².